The maximum absolute atomic E-state index is 15.1. The lowest BCUT2D eigenvalue weighted by Gasteiger charge is -2.37. The Morgan fingerprint density at radius 1 is 1.18 bits per heavy atom. The molecule has 3 aliphatic heterocycles. The molecule has 38 heavy (non-hydrogen) atoms. The molecule has 10 heteroatoms. The molecule has 1 spiro atoms. The van der Waals surface area contributed by atoms with Crippen molar-refractivity contribution in [2.75, 3.05) is 31.1 Å². The summed E-state index contributed by atoms with van der Waals surface area (Å²) in [6.45, 7) is 8.39. The van der Waals surface area contributed by atoms with Gasteiger partial charge in [-0.3, -0.25) is 9.78 Å². The number of aliphatic hydroxyl groups is 1. The summed E-state index contributed by atoms with van der Waals surface area (Å²) in [5.41, 5.74) is 1.62. The van der Waals surface area contributed by atoms with Gasteiger partial charge in [0.15, 0.2) is 5.82 Å². The molecule has 0 aliphatic carbocycles. The highest BCUT2D eigenvalue weighted by atomic mass is 19.1. The number of hydrogen-bond acceptors (Lipinski definition) is 8. The zero-order chi connectivity index (χ0) is 26.7. The number of nitrogens with zero attached hydrogens (tertiary/aromatic N) is 5. The Balaban J connectivity index is 1.14. The molecule has 0 saturated carbocycles. The quantitative estimate of drug-likeness (QED) is 0.556. The van der Waals surface area contributed by atoms with Gasteiger partial charge in [0.2, 0.25) is 0 Å². The second-order valence-corrected chi connectivity index (χ2v) is 11.7. The monoisotopic (exact) mass is 521 g/mol. The molecule has 2 fully saturated rings. The van der Waals surface area contributed by atoms with Gasteiger partial charge in [0, 0.05) is 67.5 Å². The van der Waals surface area contributed by atoms with Crippen LogP contribution in [0.5, 0.6) is 5.75 Å². The lowest BCUT2D eigenvalue weighted by atomic mass is 9.87. The first-order valence-corrected chi connectivity index (χ1v) is 13.1. The van der Waals surface area contributed by atoms with Crippen molar-refractivity contribution in [1.29, 1.82) is 0 Å². The molecule has 1 aromatic carbocycles. The van der Waals surface area contributed by atoms with Gasteiger partial charge in [0.1, 0.15) is 17.2 Å². The van der Waals surface area contributed by atoms with E-state index in [1.165, 1.54) is 6.07 Å². The fourth-order valence-corrected chi connectivity index (χ4v) is 5.48. The van der Waals surface area contributed by atoms with Crippen molar-refractivity contribution in [3.05, 3.63) is 53.2 Å². The van der Waals surface area contributed by atoms with E-state index in [9.17, 15) is 9.90 Å². The summed E-state index contributed by atoms with van der Waals surface area (Å²) in [4.78, 5) is 25.4. The molecular formula is C28H32FN5O4. The van der Waals surface area contributed by atoms with Crippen LogP contribution in [0.25, 0.3) is 11.3 Å². The van der Waals surface area contributed by atoms with Crippen LogP contribution in [0, 0.1) is 5.82 Å². The van der Waals surface area contributed by atoms with E-state index in [0.29, 0.717) is 36.1 Å². The highest BCUT2D eigenvalue weighted by molar-refractivity contribution is 5.95. The molecule has 1 atom stereocenters. The largest absolute Gasteiger partial charge is 0.485 e. The second-order valence-electron chi connectivity index (χ2n) is 11.7. The molecule has 0 bridgehead atoms. The van der Waals surface area contributed by atoms with Crippen LogP contribution in [0.15, 0.2) is 35.0 Å². The van der Waals surface area contributed by atoms with E-state index in [1.54, 1.807) is 23.2 Å². The van der Waals surface area contributed by atoms with Gasteiger partial charge in [-0.15, -0.1) is 0 Å². The first-order valence-electron chi connectivity index (χ1n) is 13.1. The molecule has 0 unspecified atom stereocenters. The van der Waals surface area contributed by atoms with E-state index in [2.05, 4.69) is 40.8 Å². The predicted octanol–water partition coefficient (Wildman–Crippen LogP) is 3.75. The van der Waals surface area contributed by atoms with Crippen LogP contribution < -0.4 is 9.64 Å². The number of carbonyl (C=O) groups is 1. The van der Waals surface area contributed by atoms with Crippen LogP contribution in [0.3, 0.4) is 0 Å². The second kappa shape index (κ2) is 9.04. The number of likely N-dealkylation sites (tertiary alicyclic amines) is 1. The molecule has 0 radical (unpaired) electrons. The number of piperidine rings is 1. The van der Waals surface area contributed by atoms with E-state index in [1.807, 2.05) is 6.07 Å². The van der Waals surface area contributed by atoms with Gasteiger partial charge in [-0.2, -0.15) is 4.98 Å². The van der Waals surface area contributed by atoms with Crippen LogP contribution in [0.1, 0.15) is 61.8 Å². The van der Waals surface area contributed by atoms with Gasteiger partial charge in [-0.05, 0) is 30.7 Å². The molecule has 3 aromatic rings. The molecule has 3 aliphatic rings. The summed E-state index contributed by atoms with van der Waals surface area (Å²) in [7, 11) is 0. The molecule has 200 valence electrons. The van der Waals surface area contributed by atoms with E-state index in [4.69, 9.17) is 9.26 Å². The number of rotatable bonds is 3. The summed E-state index contributed by atoms with van der Waals surface area (Å²) in [6.07, 6.45) is 4.00. The summed E-state index contributed by atoms with van der Waals surface area (Å²) in [5, 5.41) is 13.8. The average molecular weight is 522 g/mol. The lowest BCUT2D eigenvalue weighted by Crippen LogP contribution is -2.47. The number of fused-ring (bicyclic) bond motifs is 1. The van der Waals surface area contributed by atoms with Crippen LogP contribution in [-0.4, -0.2) is 68.9 Å². The fourth-order valence-electron chi connectivity index (χ4n) is 5.48. The minimum absolute atomic E-state index is 0.174. The van der Waals surface area contributed by atoms with Gasteiger partial charge < -0.3 is 24.2 Å². The summed E-state index contributed by atoms with van der Waals surface area (Å²) in [5.74, 6) is 0.648. The number of amides is 1. The number of halogens is 1. The number of aromatic nitrogens is 3. The average Bonchev–Trinajstić information content (AvgIpc) is 3.62. The lowest BCUT2D eigenvalue weighted by molar-refractivity contribution is 0.0652. The summed E-state index contributed by atoms with van der Waals surface area (Å²) in [6, 6.07) is 6.91. The number of benzene rings is 1. The van der Waals surface area contributed by atoms with Gasteiger partial charge in [0.25, 0.3) is 5.91 Å². The highest BCUT2D eigenvalue weighted by Gasteiger charge is 2.43. The van der Waals surface area contributed by atoms with Crippen molar-refractivity contribution in [3.8, 4) is 17.0 Å². The molecule has 9 nitrogen and oxygen atoms in total. The predicted molar refractivity (Wildman–Crippen MR) is 138 cm³/mol. The van der Waals surface area contributed by atoms with Crippen molar-refractivity contribution in [3.63, 3.8) is 0 Å². The minimum atomic E-state index is -0.517. The van der Waals surface area contributed by atoms with Crippen LogP contribution in [-0.2, 0) is 11.8 Å². The Morgan fingerprint density at radius 3 is 2.63 bits per heavy atom. The van der Waals surface area contributed by atoms with Crippen LogP contribution in [0.2, 0.25) is 0 Å². The zero-order valence-electron chi connectivity index (χ0n) is 21.9. The van der Waals surface area contributed by atoms with Gasteiger partial charge >= 0.3 is 6.01 Å². The minimum Gasteiger partial charge on any atom is -0.485 e. The number of ether oxygens (including phenoxy) is 1. The first-order chi connectivity index (χ1) is 18.1. The topological polar surface area (TPSA) is 105 Å². The molecule has 1 amide bonds. The van der Waals surface area contributed by atoms with E-state index >= 15 is 4.39 Å². The number of hydrogen-bond donors (Lipinski definition) is 1. The van der Waals surface area contributed by atoms with Crippen LogP contribution >= 0.6 is 0 Å². The summed E-state index contributed by atoms with van der Waals surface area (Å²) >= 11 is 0. The molecule has 6 rings (SSSR count). The third-order valence-corrected chi connectivity index (χ3v) is 7.76. The number of pyridine rings is 1. The number of carbonyl (C=O) groups excluding carboxylic acids is 1. The van der Waals surface area contributed by atoms with Gasteiger partial charge in [-0.25, -0.2) is 4.39 Å². The Bertz CT molecular complexity index is 1380. The van der Waals surface area contributed by atoms with Crippen LogP contribution in [0.4, 0.5) is 10.4 Å². The van der Waals surface area contributed by atoms with Crippen molar-refractivity contribution in [1.82, 2.24) is 20.0 Å². The molecular weight excluding hydrogens is 489 g/mol. The van der Waals surface area contributed by atoms with Crippen molar-refractivity contribution in [2.24, 2.45) is 0 Å². The third-order valence-electron chi connectivity index (χ3n) is 7.76. The molecule has 1 N–H and O–H groups in total. The normalized spacial score (nSPS) is 20.6. The Morgan fingerprint density at radius 2 is 1.97 bits per heavy atom. The fraction of sp³-hybridized carbons (Fsp3) is 0.500. The molecule has 2 saturated heterocycles. The number of aliphatic hydroxyl groups excluding tert-OH is 1. The van der Waals surface area contributed by atoms with E-state index < -0.39 is 11.9 Å². The Hall–Kier alpha value is -3.53. The maximum Gasteiger partial charge on any atom is 0.324 e. The maximum atomic E-state index is 15.1. The van der Waals surface area contributed by atoms with Crippen molar-refractivity contribution >= 4 is 11.9 Å². The number of β-amino-alcohol motifs (C(OH)–C–C–N with tert-alkyl or cyclic N) is 1. The Kier molecular flexibility index (Phi) is 5.90. The van der Waals surface area contributed by atoms with E-state index in [0.717, 1.165) is 43.7 Å². The smallest absolute Gasteiger partial charge is 0.324 e. The van der Waals surface area contributed by atoms with Crippen molar-refractivity contribution in [2.45, 2.75) is 63.6 Å². The van der Waals surface area contributed by atoms with E-state index in [-0.39, 0.29) is 29.0 Å². The van der Waals surface area contributed by atoms with Gasteiger partial charge in [-0.1, -0.05) is 25.9 Å². The zero-order valence-corrected chi connectivity index (χ0v) is 21.9. The molecule has 5 heterocycles. The highest BCUT2D eigenvalue weighted by Crippen LogP contribution is 2.42. The standard InChI is InChI=1S/C28H32FN5O4/c1-27(2,3)25-31-26(38-32-25)33-10-7-28(8-11-33)14-18-13-22(30-15-23(18)37-28)20-5-4-17(12-21(20)29)24(36)34-9-6-19(35)16-34/h4-5,12-13,15,19,35H,6-11,14,16H2,1-3H3/t19-/m0/s1. The van der Waals surface area contributed by atoms with Crippen molar-refractivity contribution < 1.29 is 23.6 Å². The Labute approximate surface area is 220 Å². The first kappa shape index (κ1) is 24.8. The number of anilines is 1. The summed E-state index contributed by atoms with van der Waals surface area (Å²) < 4.78 is 27.0. The SMILES string of the molecule is CC(C)(C)c1noc(N2CCC3(CC2)Cc2cc(-c4ccc(C(=O)N5CC[C@H](O)C5)cc4F)ncc2O3)n1. The third kappa shape index (κ3) is 4.51. The van der Waals surface area contributed by atoms with Gasteiger partial charge in [0.05, 0.1) is 18.0 Å². The molecule has 2 aromatic heterocycles.